The molecule has 0 atom stereocenters. The van der Waals surface area contributed by atoms with E-state index in [-0.39, 0.29) is 9.88 Å². The van der Waals surface area contributed by atoms with E-state index in [9.17, 15) is 8.42 Å². The molecule has 1 aromatic carbocycles. The Labute approximate surface area is 129 Å². The highest BCUT2D eigenvalue weighted by molar-refractivity contribution is 7.93. The molecule has 2 aromatic rings. The Hall–Kier alpha value is -1.99. The lowest BCUT2D eigenvalue weighted by Crippen LogP contribution is -2.20. The number of aromatic nitrogens is 1. The van der Waals surface area contributed by atoms with E-state index in [0.29, 0.717) is 16.9 Å². The summed E-state index contributed by atoms with van der Waals surface area (Å²) < 4.78 is 27.5. The van der Waals surface area contributed by atoms with E-state index in [1.54, 1.807) is 37.3 Å². The van der Waals surface area contributed by atoms with E-state index in [1.807, 2.05) is 6.92 Å². The quantitative estimate of drug-likeness (QED) is 0.843. The monoisotopic (exact) mass is 321 g/mol. The third-order valence-electron chi connectivity index (χ3n) is 2.91. The SMILES string of the molecule is Cc1ccc(NS(=O)(=O)c2ccccc2C(N)=S)c(C)n1. The molecule has 0 aliphatic heterocycles. The van der Waals surface area contributed by atoms with Gasteiger partial charge >= 0.3 is 0 Å². The molecule has 0 bridgehead atoms. The summed E-state index contributed by atoms with van der Waals surface area (Å²) in [6, 6.07) is 9.77. The zero-order chi connectivity index (χ0) is 15.6. The summed E-state index contributed by atoms with van der Waals surface area (Å²) in [4.78, 5) is 4.32. The van der Waals surface area contributed by atoms with Gasteiger partial charge in [0.05, 0.1) is 16.3 Å². The van der Waals surface area contributed by atoms with Gasteiger partial charge in [-0.05, 0) is 32.0 Å². The fraction of sp³-hybridized carbons (Fsp3) is 0.143. The first-order chi connectivity index (χ1) is 9.81. The van der Waals surface area contributed by atoms with Crippen LogP contribution in [0.25, 0.3) is 0 Å². The van der Waals surface area contributed by atoms with Gasteiger partial charge in [-0.3, -0.25) is 9.71 Å². The number of pyridine rings is 1. The van der Waals surface area contributed by atoms with Gasteiger partial charge in [-0.1, -0.05) is 30.4 Å². The van der Waals surface area contributed by atoms with E-state index in [4.69, 9.17) is 18.0 Å². The molecule has 21 heavy (non-hydrogen) atoms. The van der Waals surface area contributed by atoms with Crippen LogP contribution in [0.15, 0.2) is 41.3 Å². The first-order valence-corrected chi connectivity index (χ1v) is 8.06. The van der Waals surface area contributed by atoms with Gasteiger partial charge in [0, 0.05) is 11.3 Å². The van der Waals surface area contributed by atoms with Gasteiger partial charge in [0.2, 0.25) is 0 Å². The smallest absolute Gasteiger partial charge is 0.262 e. The van der Waals surface area contributed by atoms with E-state index >= 15 is 0 Å². The maximum absolute atomic E-state index is 12.5. The minimum atomic E-state index is -3.78. The van der Waals surface area contributed by atoms with Crippen LogP contribution in [-0.4, -0.2) is 18.4 Å². The first-order valence-electron chi connectivity index (χ1n) is 6.17. The van der Waals surface area contributed by atoms with E-state index < -0.39 is 10.0 Å². The zero-order valence-electron chi connectivity index (χ0n) is 11.6. The topological polar surface area (TPSA) is 85.1 Å². The second kappa shape index (κ2) is 5.79. The van der Waals surface area contributed by atoms with E-state index in [1.165, 1.54) is 6.07 Å². The van der Waals surface area contributed by atoms with Crippen LogP contribution < -0.4 is 10.5 Å². The van der Waals surface area contributed by atoms with Crippen molar-refractivity contribution in [3.8, 4) is 0 Å². The van der Waals surface area contributed by atoms with Crippen molar-refractivity contribution in [1.29, 1.82) is 0 Å². The first kappa shape index (κ1) is 15.4. The summed E-state index contributed by atoms with van der Waals surface area (Å²) in [5.41, 5.74) is 7.75. The molecule has 0 saturated carbocycles. The molecule has 0 aliphatic carbocycles. The van der Waals surface area contributed by atoms with Crippen LogP contribution >= 0.6 is 12.2 Å². The highest BCUT2D eigenvalue weighted by Gasteiger charge is 2.20. The number of nitrogens with zero attached hydrogens (tertiary/aromatic N) is 1. The van der Waals surface area contributed by atoms with Crippen molar-refractivity contribution in [2.75, 3.05) is 4.72 Å². The summed E-state index contributed by atoms with van der Waals surface area (Å²) in [7, 11) is -3.78. The molecule has 0 fully saturated rings. The number of aryl methyl sites for hydroxylation is 2. The van der Waals surface area contributed by atoms with Crippen LogP contribution in [0.3, 0.4) is 0 Å². The van der Waals surface area contributed by atoms with Crippen LogP contribution in [0.4, 0.5) is 5.69 Å². The number of sulfonamides is 1. The van der Waals surface area contributed by atoms with Gasteiger partial charge in [0.15, 0.2) is 0 Å². The Kier molecular flexibility index (Phi) is 4.24. The predicted molar refractivity (Wildman–Crippen MR) is 86.8 cm³/mol. The molecule has 0 spiro atoms. The van der Waals surface area contributed by atoms with Gasteiger partial charge in [0.1, 0.15) is 4.99 Å². The molecule has 1 heterocycles. The maximum Gasteiger partial charge on any atom is 0.262 e. The summed E-state index contributed by atoms with van der Waals surface area (Å²) >= 11 is 4.90. The van der Waals surface area contributed by atoms with Crippen molar-refractivity contribution in [3.63, 3.8) is 0 Å². The number of anilines is 1. The number of thiocarbonyl (C=S) groups is 1. The molecule has 3 N–H and O–H groups in total. The third-order valence-corrected chi connectivity index (χ3v) is 4.55. The number of nitrogens with one attached hydrogen (secondary N) is 1. The van der Waals surface area contributed by atoms with Crippen LogP contribution in [0.1, 0.15) is 17.0 Å². The van der Waals surface area contributed by atoms with Crippen molar-refractivity contribution < 1.29 is 8.42 Å². The highest BCUT2D eigenvalue weighted by Crippen LogP contribution is 2.21. The summed E-state index contributed by atoms with van der Waals surface area (Å²) in [6.07, 6.45) is 0. The molecule has 0 unspecified atom stereocenters. The summed E-state index contributed by atoms with van der Waals surface area (Å²) in [6.45, 7) is 3.58. The normalized spacial score (nSPS) is 11.1. The molecular formula is C14H15N3O2S2. The van der Waals surface area contributed by atoms with Crippen molar-refractivity contribution >= 4 is 32.9 Å². The zero-order valence-corrected chi connectivity index (χ0v) is 13.3. The third kappa shape index (κ3) is 3.37. The Morgan fingerprint density at radius 2 is 1.86 bits per heavy atom. The highest BCUT2D eigenvalue weighted by atomic mass is 32.2. The molecule has 0 amide bonds. The van der Waals surface area contributed by atoms with Gasteiger partial charge < -0.3 is 5.73 Å². The molecule has 2 rings (SSSR count). The average Bonchev–Trinajstić information content (AvgIpc) is 2.42. The second-order valence-corrected chi connectivity index (χ2v) is 6.64. The Bertz CT molecular complexity index is 802. The van der Waals surface area contributed by atoms with E-state index in [0.717, 1.165) is 5.69 Å². The lowest BCUT2D eigenvalue weighted by atomic mass is 10.2. The van der Waals surface area contributed by atoms with Crippen LogP contribution in [0.2, 0.25) is 0 Å². The fourth-order valence-corrected chi connectivity index (χ4v) is 3.48. The van der Waals surface area contributed by atoms with Crippen LogP contribution in [0, 0.1) is 13.8 Å². The molecule has 1 aromatic heterocycles. The molecule has 7 heteroatoms. The van der Waals surface area contributed by atoms with Crippen molar-refractivity contribution in [1.82, 2.24) is 4.98 Å². The number of rotatable bonds is 4. The van der Waals surface area contributed by atoms with E-state index in [2.05, 4.69) is 9.71 Å². The minimum absolute atomic E-state index is 0.0368. The van der Waals surface area contributed by atoms with Crippen molar-refractivity contribution in [3.05, 3.63) is 53.3 Å². The van der Waals surface area contributed by atoms with Crippen LogP contribution in [0.5, 0.6) is 0 Å². The second-order valence-electron chi connectivity index (χ2n) is 4.55. The van der Waals surface area contributed by atoms with Crippen molar-refractivity contribution in [2.45, 2.75) is 18.7 Å². The Morgan fingerprint density at radius 3 is 2.48 bits per heavy atom. The number of hydrogen-bond acceptors (Lipinski definition) is 4. The molecule has 0 saturated heterocycles. The Morgan fingerprint density at radius 1 is 1.19 bits per heavy atom. The maximum atomic E-state index is 12.5. The summed E-state index contributed by atoms with van der Waals surface area (Å²) in [5, 5.41) is 0. The van der Waals surface area contributed by atoms with Gasteiger partial charge in [-0.2, -0.15) is 0 Å². The largest absolute Gasteiger partial charge is 0.389 e. The standard InChI is InChI=1S/C14H15N3O2S2/c1-9-7-8-12(10(2)16-9)17-21(18,19)13-6-4-3-5-11(13)14(15)20/h3-8,17H,1-2H3,(H2,15,20). The molecule has 0 radical (unpaired) electrons. The van der Waals surface area contributed by atoms with Gasteiger partial charge in [-0.15, -0.1) is 0 Å². The molecular weight excluding hydrogens is 306 g/mol. The fourth-order valence-electron chi connectivity index (χ4n) is 1.90. The number of hydrogen-bond donors (Lipinski definition) is 2. The summed E-state index contributed by atoms with van der Waals surface area (Å²) in [5.74, 6) is 0. The molecule has 5 nitrogen and oxygen atoms in total. The number of benzene rings is 1. The lowest BCUT2D eigenvalue weighted by molar-refractivity contribution is 0.601. The Balaban J connectivity index is 2.46. The number of nitrogens with two attached hydrogens (primary N) is 1. The molecule has 110 valence electrons. The minimum Gasteiger partial charge on any atom is -0.389 e. The van der Waals surface area contributed by atoms with Gasteiger partial charge in [0.25, 0.3) is 10.0 Å². The average molecular weight is 321 g/mol. The lowest BCUT2D eigenvalue weighted by Gasteiger charge is -2.13. The molecule has 0 aliphatic rings. The van der Waals surface area contributed by atoms with Gasteiger partial charge in [-0.25, -0.2) is 8.42 Å². The van der Waals surface area contributed by atoms with Crippen LogP contribution in [-0.2, 0) is 10.0 Å². The predicted octanol–water partition coefficient (Wildman–Crippen LogP) is 2.13. The van der Waals surface area contributed by atoms with Crippen molar-refractivity contribution in [2.24, 2.45) is 5.73 Å².